The van der Waals surface area contributed by atoms with Crippen LogP contribution in [0, 0.1) is 13.3 Å². The fourth-order valence-corrected chi connectivity index (χ4v) is 3.20. The highest BCUT2D eigenvalue weighted by molar-refractivity contribution is 6.30. The average Bonchev–Trinajstić information content (AvgIpc) is 3.06. The molecule has 0 atom stereocenters. The number of H-pyrrole nitrogens is 1. The first-order valence-corrected chi connectivity index (χ1v) is 8.93. The van der Waals surface area contributed by atoms with Gasteiger partial charge in [-0.2, -0.15) is 0 Å². The van der Waals surface area contributed by atoms with Gasteiger partial charge in [0.2, 0.25) is 5.88 Å². The molecule has 4 rings (SSSR count). The van der Waals surface area contributed by atoms with Crippen molar-refractivity contribution in [3.05, 3.63) is 88.4 Å². The molecule has 0 fully saturated rings. The first-order valence-electron chi connectivity index (χ1n) is 8.55. The molecule has 135 valence electrons. The maximum absolute atomic E-state index is 6.45. The molecule has 0 bridgehead atoms. The Kier molecular flexibility index (Phi) is 4.77. The van der Waals surface area contributed by atoms with Crippen LogP contribution in [0.5, 0.6) is 5.88 Å². The number of nitrogens with zero attached hydrogens (tertiary/aromatic N) is 3. The van der Waals surface area contributed by atoms with E-state index in [4.69, 9.17) is 16.3 Å². The average molecular weight is 378 g/mol. The highest BCUT2D eigenvalue weighted by Crippen LogP contribution is 2.24. The lowest BCUT2D eigenvalue weighted by molar-refractivity contribution is 0.398. The molecule has 4 heterocycles. The number of hydrogen-bond donors (Lipinski definition) is 1. The van der Waals surface area contributed by atoms with Crippen LogP contribution in [0.3, 0.4) is 0 Å². The summed E-state index contributed by atoms with van der Waals surface area (Å²) in [6, 6.07) is 9.85. The Morgan fingerprint density at radius 3 is 2.74 bits per heavy atom. The van der Waals surface area contributed by atoms with Crippen molar-refractivity contribution in [2.75, 3.05) is 7.11 Å². The van der Waals surface area contributed by atoms with E-state index in [9.17, 15) is 0 Å². The van der Waals surface area contributed by atoms with Crippen LogP contribution in [-0.4, -0.2) is 27.0 Å². The third-order valence-corrected chi connectivity index (χ3v) is 4.69. The molecule has 6 heteroatoms. The van der Waals surface area contributed by atoms with Gasteiger partial charge in [-0.25, -0.2) is 15.0 Å². The number of ether oxygens (including phenoxy) is 1. The van der Waals surface area contributed by atoms with Crippen molar-refractivity contribution in [1.82, 2.24) is 19.9 Å². The van der Waals surface area contributed by atoms with Crippen LogP contribution >= 0.6 is 11.6 Å². The summed E-state index contributed by atoms with van der Waals surface area (Å²) in [6.45, 7) is 2.04. The Morgan fingerprint density at radius 2 is 2.00 bits per heavy atom. The number of aryl methyl sites for hydroxylation is 1. The third kappa shape index (κ3) is 3.78. The largest absolute Gasteiger partial charge is 0.481 e. The minimum atomic E-state index is 0.500. The third-order valence-electron chi connectivity index (χ3n) is 4.36. The van der Waals surface area contributed by atoms with E-state index in [-0.39, 0.29) is 0 Å². The first-order chi connectivity index (χ1) is 13.1. The molecule has 0 saturated heterocycles. The Hall–Kier alpha value is -2.92. The minimum Gasteiger partial charge on any atom is -0.481 e. The molecule has 5 nitrogen and oxygen atoms in total. The summed E-state index contributed by atoms with van der Waals surface area (Å²) < 4.78 is 5.07. The lowest BCUT2D eigenvalue weighted by Crippen LogP contribution is -1.96. The van der Waals surface area contributed by atoms with Gasteiger partial charge in [-0.05, 0) is 41.3 Å². The van der Waals surface area contributed by atoms with Gasteiger partial charge in [0.15, 0.2) is 0 Å². The van der Waals surface area contributed by atoms with Crippen LogP contribution in [0.2, 0.25) is 5.15 Å². The molecule has 4 aromatic heterocycles. The van der Waals surface area contributed by atoms with Crippen LogP contribution in [0.4, 0.5) is 0 Å². The fourth-order valence-electron chi connectivity index (χ4n) is 2.97. The summed E-state index contributed by atoms with van der Waals surface area (Å²) in [5, 5.41) is 1.62. The maximum Gasteiger partial charge on any atom is 0.212 e. The second kappa shape index (κ2) is 7.37. The SMILES string of the molecule is COc1ccc([CH]c2ccc(Cc3c[nH]c4ncc(C)cc34)c(Cl)n2)cn1. The fraction of sp³-hybridized carbons (Fsp3) is 0.143. The smallest absolute Gasteiger partial charge is 0.212 e. The van der Waals surface area contributed by atoms with E-state index < -0.39 is 0 Å². The number of pyridine rings is 3. The zero-order valence-corrected chi connectivity index (χ0v) is 15.8. The number of nitrogens with one attached hydrogen (secondary N) is 1. The van der Waals surface area contributed by atoms with Crippen LogP contribution in [0.15, 0.2) is 48.9 Å². The van der Waals surface area contributed by atoms with Gasteiger partial charge in [-0.1, -0.05) is 23.7 Å². The van der Waals surface area contributed by atoms with Gasteiger partial charge in [0.25, 0.3) is 0 Å². The number of aromatic amines is 1. The molecule has 1 N–H and O–H groups in total. The standard InChI is InChI=1S/C21H18ClN4O/c1-13-7-18-16(12-25-21(18)24-10-13)9-15-4-5-17(26-20(15)22)8-14-3-6-19(27-2)23-11-14/h3-8,10-12H,9H2,1-2H3,(H,24,25). The molecule has 27 heavy (non-hydrogen) atoms. The van der Waals surface area contributed by atoms with Gasteiger partial charge >= 0.3 is 0 Å². The minimum absolute atomic E-state index is 0.500. The molecule has 0 unspecified atom stereocenters. The van der Waals surface area contributed by atoms with Crippen LogP contribution in [0.25, 0.3) is 11.0 Å². The maximum atomic E-state index is 6.45. The normalized spacial score (nSPS) is 11.1. The van der Waals surface area contributed by atoms with E-state index in [0.29, 0.717) is 17.5 Å². The summed E-state index contributed by atoms with van der Waals surface area (Å²) in [5.41, 5.74) is 5.87. The van der Waals surface area contributed by atoms with Gasteiger partial charge in [-0.3, -0.25) is 0 Å². The predicted octanol–water partition coefficient (Wildman–Crippen LogP) is 4.51. The van der Waals surface area contributed by atoms with Crippen molar-refractivity contribution in [1.29, 1.82) is 0 Å². The zero-order valence-electron chi connectivity index (χ0n) is 15.0. The van der Waals surface area contributed by atoms with Crippen molar-refractivity contribution in [2.24, 2.45) is 0 Å². The van der Waals surface area contributed by atoms with Gasteiger partial charge < -0.3 is 9.72 Å². The number of fused-ring (bicyclic) bond motifs is 1. The van der Waals surface area contributed by atoms with Crippen molar-refractivity contribution in [3.8, 4) is 5.88 Å². The summed E-state index contributed by atoms with van der Waals surface area (Å²) in [7, 11) is 1.59. The Labute approximate surface area is 162 Å². The van der Waals surface area contributed by atoms with Gasteiger partial charge in [0, 0.05) is 42.9 Å². The molecule has 0 amide bonds. The Bertz CT molecular complexity index is 1090. The molecule has 0 aliphatic carbocycles. The topological polar surface area (TPSA) is 63.7 Å². The Balaban J connectivity index is 1.55. The van der Waals surface area contributed by atoms with E-state index in [1.165, 1.54) is 0 Å². The van der Waals surface area contributed by atoms with Crippen LogP contribution in [-0.2, 0) is 6.42 Å². The van der Waals surface area contributed by atoms with E-state index >= 15 is 0 Å². The number of hydrogen-bond acceptors (Lipinski definition) is 4. The zero-order chi connectivity index (χ0) is 18.8. The number of methoxy groups -OCH3 is 1. The van der Waals surface area contributed by atoms with Crippen molar-refractivity contribution in [2.45, 2.75) is 13.3 Å². The highest BCUT2D eigenvalue weighted by Gasteiger charge is 2.10. The summed E-state index contributed by atoms with van der Waals surface area (Å²) in [5.74, 6) is 0.581. The first kappa shape index (κ1) is 17.5. The van der Waals surface area contributed by atoms with E-state index in [0.717, 1.165) is 39.0 Å². The second-order valence-corrected chi connectivity index (χ2v) is 6.72. The molecule has 0 aliphatic rings. The second-order valence-electron chi connectivity index (χ2n) is 6.36. The molecular formula is C21H18ClN4O. The summed E-state index contributed by atoms with van der Waals surface area (Å²) >= 11 is 6.45. The van der Waals surface area contributed by atoms with Crippen molar-refractivity contribution >= 4 is 22.6 Å². The molecule has 1 radical (unpaired) electrons. The molecule has 0 saturated carbocycles. The number of aromatic nitrogens is 4. The molecular weight excluding hydrogens is 360 g/mol. The monoisotopic (exact) mass is 377 g/mol. The Morgan fingerprint density at radius 1 is 1.11 bits per heavy atom. The summed E-state index contributed by atoms with van der Waals surface area (Å²) in [6.07, 6.45) is 8.21. The quantitative estimate of drug-likeness (QED) is 0.519. The van der Waals surface area contributed by atoms with Crippen LogP contribution in [0.1, 0.15) is 27.9 Å². The lowest BCUT2D eigenvalue weighted by atomic mass is 10.0. The molecule has 4 aromatic rings. The van der Waals surface area contributed by atoms with E-state index in [2.05, 4.69) is 26.0 Å². The number of halogens is 1. The van der Waals surface area contributed by atoms with Crippen molar-refractivity contribution in [3.63, 3.8) is 0 Å². The van der Waals surface area contributed by atoms with Gasteiger partial charge in [0.1, 0.15) is 10.8 Å². The van der Waals surface area contributed by atoms with E-state index in [1.807, 2.05) is 50.0 Å². The van der Waals surface area contributed by atoms with Gasteiger partial charge in [0.05, 0.1) is 12.8 Å². The molecule has 0 spiro atoms. The lowest BCUT2D eigenvalue weighted by Gasteiger charge is -2.07. The van der Waals surface area contributed by atoms with Gasteiger partial charge in [-0.15, -0.1) is 0 Å². The predicted molar refractivity (Wildman–Crippen MR) is 106 cm³/mol. The summed E-state index contributed by atoms with van der Waals surface area (Å²) in [4.78, 5) is 16.3. The molecule has 0 aliphatic heterocycles. The highest BCUT2D eigenvalue weighted by atomic mass is 35.5. The number of rotatable bonds is 5. The van der Waals surface area contributed by atoms with Crippen LogP contribution < -0.4 is 4.74 Å². The van der Waals surface area contributed by atoms with Crippen molar-refractivity contribution < 1.29 is 4.74 Å². The molecule has 0 aromatic carbocycles. The van der Waals surface area contributed by atoms with E-state index in [1.54, 1.807) is 13.3 Å².